The molecule has 1 rings (SSSR count). The second-order valence-electron chi connectivity index (χ2n) is 4.26. The van der Waals surface area contributed by atoms with Gasteiger partial charge in [-0.1, -0.05) is 18.1 Å². The van der Waals surface area contributed by atoms with E-state index in [2.05, 4.69) is 11.2 Å². The molecule has 0 radical (unpaired) electrons. The van der Waals surface area contributed by atoms with Crippen molar-refractivity contribution in [2.24, 2.45) is 0 Å². The van der Waals surface area contributed by atoms with Gasteiger partial charge in [-0.2, -0.15) is 0 Å². The molecule has 1 atom stereocenters. The summed E-state index contributed by atoms with van der Waals surface area (Å²) in [6.07, 6.45) is 4.85. The Morgan fingerprint density at radius 3 is 2.95 bits per heavy atom. The molecule has 1 amide bonds. The van der Waals surface area contributed by atoms with Crippen molar-refractivity contribution in [1.29, 1.82) is 0 Å². The fourth-order valence-electron chi connectivity index (χ4n) is 1.49. The average Bonchev–Trinajstić information content (AvgIpc) is 2.43. The maximum Gasteiger partial charge on any atom is 0.414 e. The van der Waals surface area contributed by atoms with E-state index in [1.165, 1.54) is 4.90 Å². The van der Waals surface area contributed by atoms with Crippen molar-refractivity contribution in [3.8, 4) is 18.1 Å². The summed E-state index contributed by atoms with van der Waals surface area (Å²) >= 11 is 0. The number of amides is 1. The minimum atomic E-state index is -0.358. The first-order valence-electron chi connectivity index (χ1n) is 6.28. The van der Waals surface area contributed by atoms with Crippen molar-refractivity contribution in [3.63, 3.8) is 0 Å². The average molecular weight is 260 g/mol. The van der Waals surface area contributed by atoms with Crippen LogP contribution < -0.4 is 10.1 Å². The molecule has 0 aromatic heterocycles. The number of rotatable bonds is 5. The van der Waals surface area contributed by atoms with Crippen molar-refractivity contribution in [1.82, 2.24) is 10.2 Å². The molecule has 1 N–H and O–H groups in total. The molecule has 1 aromatic rings. The Morgan fingerprint density at radius 1 is 1.58 bits per heavy atom. The number of hydrogen-bond acceptors (Lipinski definition) is 3. The number of hydrogen-bond donors (Lipinski definition) is 1. The van der Waals surface area contributed by atoms with Crippen LogP contribution in [0.4, 0.5) is 4.79 Å². The Bertz CT molecular complexity index is 465. The van der Waals surface area contributed by atoms with Gasteiger partial charge in [0.05, 0.1) is 6.54 Å². The Balaban J connectivity index is 2.72. The van der Waals surface area contributed by atoms with E-state index in [1.807, 2.05) is 32.0 Å². The van der Waals surface area contributed by atoms with Crippen LogP contribution in [-0.2, 0) is 0 Å². The van der Waals surface area contributed by atoms with Gasteiger partial charge in [0, 0.05) is 19.6 Å². The first-order chi connectivity index (χ1) is 9.08. The van der Waals surface area contributed by atoms with Crippen LogP contribution in [0, 0.1) is 12.3 Å². The normalized spacial score (nSPS) is 11.5. The van der Waals surface area contributed by atoms with Crippen molar-refractivity contribution in [3.05, 3.63) is 29.8 Å². The minimum Gasteiger partial charge on any atom is -0.410 e. The molecule has 4 heteroatoms. The molecular formula is C15H20N2O2. The predicted octanol–water partition coefficient (Wildman–Crippen LogP) is 2.42. The summed E-state index contributed by atoms with van der Waals surface area (Å²) in [7, 11) is 1.70. The quantitative estimate of drug-likeness (QED) is 0.827. The summed E-state index contributed by atoms with van der Waals surface area (Å²) in [5, 5.41) is 3.18. The number of ether oxygens (including phenoxy) is 1. The number of nitrogens with one attached hydrogen (secondary N) is 1. The molecular weight excluding hydrogens is 240 g/mol. The van der Waals surface area contributed by atoms with Crippen LogP contribution in [0.15, 0.2) is 24.3 Å². The zero-order valence-corrected chi connectivity index (χ0v) is 11.6. The lowest BCUT2D eigenvalue weighted by molar-refractivity contribution is 0.165. The van der Waals surface area contributed by atoms with Gasteiger partial charge in [-0.15, -0.1) is 6.42 Å². The third kappa shape index (κ3) is 4.65. The van der Waals surface area contributed by atoms with Gasteiger partial charge in [0.15, 0.2) is 0 Å². The van der Waals surface area contributed by atoms with E-state index < -0.39 is 0 Å². The van der Waals surface area contributed by atoms with Gasteiger partial charge in [-0.25, -0.2) is 4.79 Å². The van der Waals surface area contributed by atoms with Crippen LogP contribution >= 0.6 is 0 Å². The summed E-state index contributed by atoms with van der Waals surface area (Å²) < 4.78 is 5.28. The lowest BCUT2D eigenvalue weighted by Crippen LogP contribution is -2.29. The summed E-state index contributed by atoms with van der Waals surface area (Å²) in [5.74, 6) is 3.07. The second-order valence-corrected chi connectivity index (χ2v) is 4.26. The van der Waals surface area contributed by atoms with E-state index in [1.54, 1.807) is 13.1 Å². The molecule has 4 nitrogen and oxygen atoms in total. The van der Waals surface area contributed by atoms with Crippen molar-refractivity contribution in [2.45, 2.75) is 19.9 Å². The van der Waals surface area contributed by atoms with Crippen LogP contribution in [0.3, 0.4) is 0 Å². The van der Waals surface area contributed by atoms with Gasteiger partial charge < -0.3 is 9.64 Å². The first-order valence-corrected chi connectivity index (χ1v) is 6.28. The van der Waals surface area contributed by atoms with E-state index in [-0.39, 0.29) is 12.1 Å². The number of benzene rings is 1. The molecule has 0 aliphatic rings. The van der Waals surface area contributed by atoms with E-state index in [0.717, 1.165) is 5.56 Å². The standard InChI is InChI=1S/C15H20N2O2/c1-5-10-16-12(3)13-8-7-9-14(11-13)19-15(18)17(4)6-2/h1,7-9,11-12,16H,6,10H2,2-4H3. The second kappa shape index (κ2) is 7.45. The van der Waals surface area contributed by atoms with E-state index in [0.29, 0.717) is 18.8 Å². The predicted molar refractivity (Wildman–Crippen MR) is 76.0 cm³/mol. The molecule has 0 saturated carbocycles. The zero-order chi connectivity index (χ0) is 14.3. The Kier molecular flexibility index (Phi) is 5.91. The summed E-state index contributed by atoms with van der Waals surface area (Å²) in [6.45, 7) is 5.02. The highest BCUT2D eigenvalue weighted by molar-refractivity contribution is 5.70. The maximum absolute atomic E-state index is 11.7. The fourth-order valence-corrected chi connectivity index (χ4v) is 1.49. The van der Waals surface area contributed by atoms with Gasteiger partial charge in [-0.3, -0.25) is 5.32 Å². The highest BCUT2D eigenvalue weighted by Crippen LogP contribution is 2.19. The molecule has 1 aromatic carbocycles. The topological polar surface area (TPSA) is 41.6 Å². The Hall–Kier alpha value is -1.99. The zero-order valence-electron chi connectivity index (χ0n) is 11.6. The van der Waals surface area contributed by atoms with Crippen molar-refractivity contribution >= 4 is 6.09 Å². The Labute approximate surface area is 114 Å². The van der Waals surface area contributed by atoms with E-state index in [9.17, 15) is 4.79 Å². The highest BCUT2D eigenvalue weighted by atomic mass is 16.6. The summed E-state index contributed by atoms with van der Waals surface area (Å²) in [6, 6.07) is 7.54. The smallest absolute Gasteiger partial charge is 0.410 e. The SMILES string of the molecule is C#CCNC(C)c1cccc(OC(=O)N(C)CC)c1. The fraction of sp³-hybridized carbons (Fsp3) is 0.400. The third-order valence-electron chi connectivity index (χ3n) is 2.86. The van der Waals surface area contributed by atoms with Gasteiger partial charge in [-0.05, 0) is 31.5 Å². The number of carbonyl (C=O) groups excluding carboxylic acids is 1. The number of terminal acetylenes is 1. The highest BCUT2D eigenvalue weighted by Gasteiger charge is 2.10. The third-order valence-corrected chi connectivity index (χ3v) is 2.86. The van der Waals surface area contributed by atoms with E-state index >= 15 is 0 Å². The van der Waals surface area contributed by atoms with Crippen LogP contribution in [0.5, 0.6) is 5.75 Å². The summed E-state index contributed by atoms with van der Waals surface area (Å²) in [5.41, 5.74) is 1.03. The minimum absolute atomic E-state index is 0.110. The molecule has 0 saturated heterocycles. The van der Waals surface area contributed by atoms with Crippen molar-refractivity contribution < 1.29 is 9.53 Å². The molecule has 0 bridgehead atoms. The molecule has 0 spiro atoms. The number of carbonyl (C=O) groups is 1. The molecule has 19 heavy (non-hydrogen) atoms. The first kappa shape index (κ1) is 15.1. The molecule has 0 aliphatic heterocycles. The van der Waals surface area contributed by atoms with Crippen LogP contribution in [0.2, 0.25) is 0 Å². The monoisotopic (exact) mass is 260 g/mol. The Morgan fingerprint density at radius 2 is 2.32 bits per heavy atom. The van der Waals surface area contributed by atoms with Crippen LogP contribution in [0.25, 0.3) is 0 Å². The van der Waals surface area contributed by atoms with Gasteiger partial charge in [0.2, 0.25) is 0 Å². The van der Waals surface area contributed by atoms with Gasteiger partial charge in [0.1, 0.15) is 5.75 Å². The lowest BCUT2D eigenvalue weighted by atomic mass is 10.1. The van der Waals surface area contributed by atoms with Crippen molar-refractivity contribution in [2.75, 3.05) is 20.1 Å². The van der Waals surface area contributed by atoms with Gasteiger partial charge >= 0.3 is 6.09 Å². The molecule has 102 valence electrons. The van der Waals surface area contributed by atoms with E-state index in [4.69, 9.17) is 11.2 Å². The van der Waals surface area contributed by atoms with Crippen LogP contribution in [-0.4, -0.2) is 31.1 Å². The summed E-state index contributed by atoms with van der Waals surface area (Å²) in [4.78, 5) is 13.2. The molecule has 0 heterocycles. The largest absolute Gasteiger partial charge is 0.414 e. The van der Waals surface area contributed by atoms with Crippen LogP contribution in [0.1, 0.15) is 25.5 Å². The number of nitrogens with zero attached hydrogens (tertiary/aromatic N) is 1. The molecule has 1 unspecified atom stereocenters. The molecule has 0 aliphatic carbocycles. The lowest BCUT2D eigenvalue weighted by Gasteiger charge is -2.16. The maximum atomic E-state index is 11.7. The van der Waals surface area contributed by atoms with Gasteiger partial charge in [0.25, 0.3) is 0 Å². The molecule has 0 fully saturated rings.